The molecule has 0 radical (unpaired) electrons. The van der Waals surface area contributed by atoms with E-state index in [1.54, 1.807) is 25.3 Å². The van der Waals surface area contributed by atoms with Crippen molar-refractivity contribution in [3.05, 3.63) is 58.3 Å². The molecule has 0 saturated heterocycles. The van der Waals surface area contributed by atoms with Crippen LogP contribution in [0.2, 0.25) is 0 Å². The molecule has 0 fully saturated rings. The highest BCUT2D eigenvalue weighted by molar-refractivity contribution is 5.97. The number of aromatic nitrogens is 2. The largest absolute Gasteiger partial charge is 0.496 e. The molecule has 7 nitrogen and oxygen atoms in total. The van der Waals surface area contributed by atoms with Gasteiger partial charge in [0.25, 0.3) is 5.91 Å². The first kappa shape index (κ1) is 23.6. The van der Waals surface area contributed by atoms with Crippen molar-refractivity contribution < 1.29 is 18.3 Å². The van der Waals surface area contributed by atoms with Crippen molar-refractivity contribution in [3.8, 4) is 28.3 Å². The molecular formula is C25H27F2N5O2. The summed E-state index contributed by atoms with van der Waals surface area (Å²) in [7, 11) is 3.57. The van der Waals surface area contributed by atoms with Crippen molar-refractivity contribution in [2.75, 3.05) is 33.0 Å². The number of amides is 1. The number of hydrogen-bond acceptors (Lipinski definition) is 6. The average molecular weight is 468 g/mol. The van der Waals surface area contributed by atoms with Crippen molar-refractivity contribution >= 4 is 11.7 Å². The van der Waals surface area contributed by atoms with Gasteiger partial charge in [-0.25, -0.2) is 9.37 Å². The minimum absolute atomic E-state index is 0.0309. The molecule has 0 bridgehead atoms. The molecule has 0 aliphatic carbocycles. The number of anilines is 1. The predicted octanol–water partition coefficient (Wildman–Crippen LogP) is 3.73. The number of benzene rings is 2. The predicted molar refractivity (Wildman–Crippen MR) is 127 cm³/mol. The number of halogens is 2. The van der Waals surface area contributed by atoms with Gasteiger partial charge in [0.1, 0.15) is 23.0 Å². The Kier molecular flexibility index (Phi) is 6.47. The molecule has 1 aliphatic rings. The average Bonchev–Trinajstić information content (AvgIpc) is 2.79. The summed E-state index contributed by atoms with van der Waals surface area (Å²) < 4.78 is 35.6. The molecule has 0 unspecified atom stereocenters. The lowest BCUT2D eigenvalue weighted by atomic mass is 9.96. The zero-order chi connectivity index (χ0) is 24.6. The van der Waals surface area contributed by atoms with E-state index in [1.165, 1.54) is 6.07 Å². The molecule has 9 heteroatoms. The second-order valence-electron chi connectivity index (χ2n) is 8.41. The number of nitrogens with one attached hydrogen (secondary N) is 1. The van der Waals surface area contributed by atoms with E-state index in [0.717, 1.165) is 17.7 Å². The highest BCUT2D eigenvalue weighted by Gasteiger charge is 2.24. The lowest BCUT2D eigenvalue weighted by Gasteiger charge is -2.20. The lowest BCUT2D eigenvalue weighted by molar-refractivity contribution is 0.0945. The molecule has 0 atom stereocenters. The summed E-state index contributed by atoms with van der Waals surface area (Å²) in [6.45, 7) is 5.77. The monoisotopic (exact) mass is 467 g/mol. The highest BCUT2D eigenvalue weighted by Crippen LogP contribution is 2.35. The van der Waals surface area contributed by atoms with Crippen molar-refractivity contribution in [3.63, 3.8) is 0 Å². The van der Waals surface area contributed by atoms with Gasteiger partial charge in [-0.05, 0) is 62.3 Å². The van der Waals surface area contributed by atoms with Gasteiger partial charge in [0.2, 0.25) is 5.95 Å². The number of nitrogens with zero attached hydrogens (tertiary/aromatic N) is 3. The van der Waals surface area contributed by atoms with Gasteiger partial charge in [-0.15, -0.1) is 0 Å². The Morgan fingerprint density at radius 3 is 2.62 bits per heavy atom. The summed E-state index contributed by atoms with van der Waals surface area (Å²) >= 11 is 0. The van der Waals surface area contributed by atoms with E-state index in [-0.39, 0.29) is 34.2 Å². The maximum atomic E-state index is 15.0. The van der Waals surface area contributed by atoms with E-state index >= 15 is 4.39 Å². The van der Waals surface area contributed by atoms with Crippen molar-refractivity contribution in [1.29, 1.82) is 0 Å². The molecule has 34 heavy (non-hydrogen) atoms. The Labute approximate surface area is 197 Å². The van der Waals surface area contributed by atoms with Crippen LogP contribution in [0.1, 0.15) is 34.0 Å². The summed E-state index contributed by atoms with van der Waals surface area (Å²) in [5.41, 5.74) is 9.17. The number of carbonyl (C=O) groups excluding carboxylic acids is 1. The van der Waals surface area contributed by atoms with E-state index in [2.05, 4.69) is 20.2 Å². The van der Waals surface area contributed by atoms with Crippen LogP contribution in [-0.2, 0) is 13.0 Å². The smallest absolute Gasteiger partial charge is 0.251 e. The third-order valence-corrected chi connectivity index (χ3v) is 6.06. The lowest BCUT2D eigenvalue weighted by Crippen LogP contribution is -2.32. The molecule has 0 saturated carbocycles. The van der Waals surface area contributed by atoms with Crippen LogP contribution < -0.4 is 15.8 Å². The molecular weight excluding hydrogens is 440 g/mol. The van der Waals surface area contributed by atoms with E-state index in [0.29, 0.717) is 36.4 Å². The molecule has 4 rings (SSSR count). The fourth-order valence-corrected chi connectivity index (χ4v) is 4.23. The third kappa shape index (κ3) is 4.31. The quantitative estimate of drug-likeness (QED) is 0.574. The molecule has 1 aromatic heterocycles. The number of methoxy groups -OCH3 is 1. The van der Waals surface area contributed by atoms with Gasteiger partial charge in [0.05, 0.1) is 7.11 Å². The molecule has 3 aromatic rings. The van der Waals surface area contributed by atoms with E-state index in [9.17, 15) is 9.18 Å². The summed E-state index contributed by atoms with van der Waals surface area (Å²) in [4.78, 5) is 22.4. The first-order valence-corrected chi connectivity index (χ1v) is 11.0. The zero-order valence-corrected chi connectivity index (χ0v) is 19.6. The Morgan fingerprint density at radius 2 is 1.91 bits per heavy atom. The zero-order valence-electron chi connectivity index (χ0n) is 19.6. The molecule has 2 heterocycles. The van der Waals surface area contributed by atoms with Gasteiger partial charge >= 0.3 is 0 Å². The number of nitrogen functional groups attached to an aromatic ring is 1. The number of rotatable bonds is 6. The van der Waals surface area contributed by atoms with E-state index < -0.39 is 11.8 Å². The first-order valence-electron chi connectivity index (χ1n) is 11.0. The van der Waals surface area contributed by atoms with Gasteiger partial charge in [0.15, 0.2) is 5.82 Å². The molecule has 3 N–H and O–H groups in total. The summed E-state index contributed by atoms with van der Waals surface area (Å²) in [5, 5.41) is 2.69. The molecule has 178 valence electrons. The van der Waals surface area contributed by atoms with Crippen LogP contribution in [0.4, 0.5) is 14.6 Å². The van der Waals surface area contributed by atoms with Crippen LogP contribution in [-0.4, -0.2) is 48.0 Å². The number of hydrogen-bond donors (Lipinski definition) is 2. The number of nitrogens with two attached hydrogens (primary N) is 1. The maximum Gasteiger partial charge on any atom is 0.251 e. The van der Waals surface area contributed by atoms with E-state index in [4.69, 9.17) is 10.5 Å². The minimum Gasteiger partial charge on any atom is -0.496 e. The van der Waals surface area contributed by atoms with Crippen LogP contribution in [0.3, 0.4) is 0 Å². The molecule has 2 aromatic carbocycles. The number of carbonyl (C=O) groups is 1. The van der Waals surface area contributed by atoms with Crippen molar-refractivity contribution in [1.82, 2.24) is 20.2 Å². The summed E-state index contributed by atoms with van der Waals surface area (Å²) in [6, 6.07) is 6.28. The van der Waals surface area contributed by atoms with Gasteiger partial charge in [0, 0.05) is 35.3 Å². The Hall–Kier alpha value is -3.59. The van der Waals surface area contributed by atoms with Crippen molar-refractivity contribution in [2.24, 2.45) is 0 Å². The Balaban J connectivity index is 1.86. The maximum absolute atomic E-state index is 15.0. The second-order valence-corrected chi connectivity index (χ2v) is 8.41. The summed E-state index contributed by atoms with van der Waals surface area (Å²) in [5.74, 6) is -1.36. The Bertz CT molecular complexity index is 1280. The van der Waals surface area contributed by atoms with Gasteiger partial charge < -0.3 is 20.7 Å². The molecule has 1 aliphatic heterocycles. The standard InChI is InChI=1S/C25H27F2N5O2/c1-5-32(3)12-16-9-15(8-13(2)22(16)34-4)20-23(27)31-24(28)21(30-20)18-10-14-6-7-29-25(33)17(14)11-19(18)26/h8-11H,5-7,12H2,1-4H3,(H2,28,31)(H,29,33). The van der Waals surface area contributed by atoms with Gasteiger partial charge in [-0.1, -0.05) is 6.92 Å². The van der Waals surface area contributed by atoms with Gasteiger partial charge in [-0.2, -0.15) is 9.37 Å². The van der Waals surface area contributed by atoms with Gasteiger partial charge in [-0.3, -0.25) is 4.79 Å². The highest BCUT2D eigenvalue weighted by atomic mass is 19.1. The van der Waals surface area contributed by atoms with Crippen LogP contribution in [0, 0.1) is 18.7 Å². The summed E-state index contributed by atoms with van der Waals surface area (Å²) in [6.07, 6.45) is 0.543. The SMILES string of the molecule is CCN(C)Cc1cc(-c2nc(-c3cc4c(cc3F)C(=O)NCC4)c(N)nc2F)cc(C)c1OC. The van der Waals surface area contributed by atoms with Crippen LogP contribution in [0.5, 0.6) is 5.75 Å². The van der Waals surface area contributed by atoms with Crippen LogP contribution in [0.15, 0.2) is 24.3 Å². The third-order valence-electron chi connectivity index (χ3n) is 6.06. The fourth-order valence-electron chi connectivity index (χ4n) is 4.23. The normalized spacial score (nSPS) is 13.1. The van der Waals surface area contributed by atoms with Crippen molar-refractivity contribution in [2.45, 2.75) is 26.8 Å². The topological polar surface area (TPSA) is 93.4 Å². The van der Waals surface area contributed by atoms with Crippen LogP contribution >= 0.6 is 0 Å². The van der Waals surface area contributed by atoms with Crippen LogP contribution in [0.25, 0.3) is 22.5 Å². The number of ether oxygens (including phenoxy) is 1. The second kappa shape index (κ2) is 9.34. The minimum atomic E-state index is -0.849. The molecule has 1 amide bonds. The fraction of sp³-hybridized carbons (Fsp3) is 0.320. The molecule has 0 spiro atoms. The van der Waals surface area contributed by atoms with E-state index in [1.807, 2.05) is 20.9 Å². The number of aryl methyl sites for hydroxylation is 1. The Morgan fingerprint density at radius 1 is 1.15 bits per heavy atom. The number of fused-ring (bicyclic) bond motifs is 1. The first-order chi connectivity index (χ1) is 16.2.